The average Bonchev–Trinajstić information content (AvgIpc) is 2.53. The lowest BCUT2D eigenvalue weighted by atomic mass is 9.92. The number of nitrogens with two attached hydrogens (primary N) is 1. The molecule has 4 N–H and O–H groups in total. The van der Waals surface area contributed by atoms with Gasteiger partial charge in [0.15, 0.2) is 5.96 Å². The van der Waals surface area contributed by atoms with Gasteiger partial charge in [-0.05, 0) is 37.3 Å². The number of carbonyl (C=O) groups is 2. The van der Waals surface area contributed by atoms with Crippen molar-refractivity contribution in [3.8, 4) is 5.75 Å². The summed E-state index contributed by atoms with van der Waals surface area (Å²) in [5.74, 6) is -0.977. The van der Waals surface area contributed by atoms with Gasteiger partial charge in [0.1, 0.15) is 11.3 Å². The maximum atomic E-state index is 11.9. The minimum atomic E-state index is -1.12. The zero-order valence-electron chi connectivity index (χ0n) is 12.8. The number of benzene rings is 1. The van der Waals surface area contributed by atoms with Crippen LogP contribution in [0.2, 0.25) is 0 Å². The minimum Gasteiger partial charge on any atom is -0.478 e. The molecule has 0 bridgehead atoms. The highest BCUT2D eigenvalue weighted by Gasteiger charge is 2.21. The van der Waals surface area contributed by atoms with E-state index < -0.39 is 11.9 Å². The summed E-state index contributed by atoms with van der Waals surface area (Å²) in [5.41, 5.74) is 5.43. The lowest BCUT2D eigenvalue weighted by molar-refractivity contribution is -0.134. The van der Waals surface area contributed by atoms with Crippen LogP contribution in [-0.4, -0.2) is 41.0 Å². The van der Waals surface area contributed by atoms with Crippen molar-refractivity contribution in [3.63, 3.8) is 0 Å². The first-order chi connectivity index (χ1) is 11.0. The number of rotatable bonds is 5. The van der Waals surface area contributed by atoms with Crippen molar-refractivity contribution in [2.24, 2.45) is 11.7 Å². The Hall–Kier alpha value is -2.57. The van der Waals surface area contributed by atoms with E-state index in [-0.39, 0.29) is 23.7 Å². The van der Waals surface area contributed by atoms with Crippen LogP contribution in [0, 0.1) is 11.3 Å². The second kappa shape index (κ2) is 7.62. The topological polar surface area (TPSA) is 117 Å². The zero-order chi connectivity index (χ0) is 16.8. The summed E-state index contributed by atoms with van der Waals surface area (Å²) in [6.45, 7) is 1.47. The van der Waals surface area contributed by atoms with Crippen LogP contribution in [0.5, 0.6) is 5.75 Å². The van der Waals surface area contributed by atoms with Gasteiger partial charge < -0.3 is 20.5 Å². The van der Waals surface area contributed by atoms with Gasteiger partial charge in [0, 0.05) is 19.5 Å². The Balaban J connectivity index is 1.80. The number of esters is 1. The average molecular weight is 319 g/mol. The molecule has 1 aromatic rings. The van der Waals surface area contributed by atoms with Crippen molar-refractivity contribution in [1.29, 1.82) is 5.41 Å². The van der Waals surface area contributed by atoms with E-state index in [0.29, 0.717) is 12.3 Å². The summed E-state index contributed by atoms with van der Waals surface area (Å²) in [4.78, 5) is 24.8. The van der Waals surface area contributed by atoms with Crippen LogP contribution in [0.1, 0.15) is 36.0 Å². The molecule has 0 spiro atoms. The number of carbonyl (C=O) groups excluding carboxylic acids is 1. The molecule has 7 heteroatoms. The van der Waals surface area contributed by atoms with Gasteiger partial charge in [-0.25, -0.2) is 4.79 Å². The Morgan fingerprint density at radius 3 is 2.57 bits per heavy atom. The Bertz CT molecular complexity index is 595. The second-order valence-electron chi connectivity index (χ2n) is 5.63. The SMILES string of the molecule is N=C(N)N1CCC(CCC(=O)Oc2ccccc2C(=O)O)CC1. The number of hydrogen-bond acceptors (Lipinski definition) is 4. The normalized spacial score (nSPS) is 15.2. The first-order valence-electron chi connectivity index (χ1n) is 7.59. The molecule has 23 heavy (non-hydrogen) atoms. The van der Waals surface area contributed by atoms with Crippen molar-refractivity contribution in [2.75, 3.05) is 13.1 Å². The molecule has 2 rings (SSSR count). The molecule has 1 fully saturated rings. The molecule has 1 aliphatic heterocycles. The van der Waals surface area contributed by atoms with Gasteiger partial charge in [-0.2, -0.15) is 0 Å². The number of likely N-dealkylation sites (tertiary alicyclic amines) is 1. The standard InChI is InChI=1S/C16H21N3O4/c17-16(18)19-9-7-11(8-10-19)5-6-14(20)23-13-4-2-1-3-12(13)15(21)22/h1-4,11H,5-10H2,(H3,17,18)(H,21,22). The highest BCUT2D eigenvalue weighted by atomic mass is 16.5. The number of carboxylic acid groups (broad SMARTS) is 1. The van der Waals surface area contributed by atoms with Gasteiger partial charge in [0.05, 0.1) is 0 Å². The predicted octanol–water partition coefficient (Wildman–Crippen LogP) is 1.68. The Morgan fingerprint density at radius 1 is 1.30 bits per heavy atom. The molecule has 0 unspecified atom stereocenters. The molecule has 1 aromatic carbocycles. The van der Waals surface area contributed by atoms with E-state index >= 15 is 0 Å². The van der Waals surface area contributed by atoms with Crippen molar-refractivity contribution < 1.29 is 19.4 Å². The minimum absolute atomic E-state index is 0.0179. The molecule has 1 aliphatic rings. The maximum Gasteiger partial charge on any atom is 0.339 e. The van der Waals surface area contributed by atoms with Crippen LogP contribution in [0.25, 0.3) is 0 Å². The highest BCUT2D eigenvalue weighted by molar-refractivity contribution is 5.91. The summed E-state index contributed by atoms with van der Waals surface area (Å²) in [6.07, 6.45) is 2.72. The van der Waals surface area contributed by atoms with Crippen molar-refractivity contribution >= 4 is 17.9 Å². The van der Waals surface area contributed by atoms with E-state index in [1.165, 1.54) is 12.1 Å². The molecular formula is C16H21N3O4. The number of aromatic carboxylic acids is 1. The van der Waals surface area contributed by atoms with Crippen LogP contribution in [0.3, 0.4) is 0 Å². The van der Waals surface area contributed by atoms with Crippen molar-refractivity contribution in [2.45, 2.75) is 25.7 Å². The maximum absolute atomic E-state index is 11.9. The van der Waals surface area contributed by atoms with Gasteiger partial charge in [0.25, 0.3) is 0 Å². The molecule has 1 heterocycles. The summed E-state index contributed by atoms with van der Waals surface area (Å²) < 4.78 is 5.17. The third-order valence-corrected chi connectivity index (χ3v) is 4.05. The molecular weight excluding hydrogens is 298 g/mol. The molecule has 0 atom stereocenters. The fraction of sp³-hybridized carbons (Fsp3) is 0.438. The van der Waals surface area contributed by atoms with Gasteiger partial charge >= 0.3 is 11.9 Å². The fourth-order valence-electron chi connectivity index (χ4n) is 2.69. The van der Waals surface area contributed by atoms with Gasteiger partial charge in [-0.3, -0.25) is 10.2 Å². The number of hydrogen-bond donors (Lipinski definition) is 3. The first kappa shape index (κ1) is 16.8. The van der Waals surface area contributed by atoms with Crippen LogP contribution < -0.4 is 10.5 Å². The number of guanidine groups is 1. The van der Waals surface area contributed by atoms with E-state index in [9.17, 15) is 9.59 Å². The fourth-order valence-corrected chi connectivity index (χ4v) is 2.69. The Labute approximate surface area is 134 Å². The molecule has 124 valence electrons. The summed E-state index contributed by atoms with van der Waals surface area (Å²) >= 11 is 0. The van der Waals surface area contributed by atoms with Gasteiger partial charge in [-0.15, -0.1) is 0 Å². The molecule has 7 nitrogen and oxygen atoms in total. The first-order valence-corrected chi connectivity index (χ1v) is 7.59. The van der Waals surface area contributed by atoms with Crippen LogP contribution in [0.15, 0.2) is 24.3 Å². The molecule has 0 aromatic heterocycles. The zero-order valence-corrected chi connectivity index (χ0v) is 12.8. The monoisotopic (exact) mass is 319 g/mol. The van der Waals surface area contributed by atoms with Crippen LogP contribution >= 0.6 is 0 Å². The number of ether oxygens (including phenoxy) is 1. The Kier molecular flexibility index (Phi) is 5.56. The number of nitrogens with zero attached hydrogens (tertiary/aromatic N) is 1. The molecule has 0 amide bonds. The van der Waals surface area contributed by atoms with Crippen molar-refractivity contribution in [1.82, 2.24) is 4.90 Å². The lowest BCUT2D eigenvalue weighted by Gasteiger charge is -2.31. The lowest BCUT2D eigenvalue weighted by Crippen LogP contribution is -2.42. The quantitative estimate of drug-likeness (QED) is 0.329. The largest absolute Gasteiger partial charge is 0.478 e. The second-order valence-corrected chi connectivity index (χ2v) is 5.63. The van der Waals surface area contributed by atoms with Crippen LogP contribution in [-0.2, 0) is 4.79 Å². The van der Waals surface area contributed by atoms with Gasteiger partial charge in [-0.1, -0.05) is 12.1 Å². The smallest absolute Gasteiger partial charge is 0.339 e. The van der Waals surface area contributed by atoms with Gasteiger partial charge in [0.2, 0.25) is 0 Å². The summed E-state index contributed by atoms with van der Waals surface area (Å²) in [5, 5.41) is 16.4. The van der Waals surface area contributed by atoms with E-state index in [1.54, 1.807) is 12.1 Å². The Morgan fingerprint density at radius 2 is 1.96 bits per heavy atom. The highest BCUT2D eigenvalue weighted by Crippen LogP contribution is 2.23. The summed E-state index contributed by atoms with van der Waals surface area (Å²) in [6, 6.07) is 6.10. The molecule has 1 saturated heterocycles. The van der Waals surface area contributed by atoms with E-state index in [1.807, 2.05) is 4.90 Å². The molecule has 0 aliphatic carbocycles. The number of carboxylic acids is 1. The number of nitrogens with one attached hydrogen (secondary N) is 1. The van der Waals surface area contributed by atoms with Crippen LogP contribution in [0.4, 0.5) is 0 Å². The summed E-state index contributed by atoms with van der Waals surface area (Å²) in [7, 11) is 0. The molecule has 0 radical (unpaired) electrons. The number of piperidine rings is 1. The van der Waals surface area contributed by atoms with Crippen molar-refractivity contribution in [3.05, 3.63) is 29.8 Å². The molecule has 0 saturated carbocycles. The third kappa shape index (κ3) is 4.70. The van der Waals surface area contributed by atoms with E-state index in [4.69, 9.17) is 21.0 Å². The van der Waals surface area contributed by atoms with E-state index in [2.05, 4.69) is 0 Å². The van der Waals surface area contributed by atoms with E-state index in [0.717, 1.165) is 25.9 Å². The third-order valence-electron chi connectivity index (χ3n) is 4.05. The number of para-hydroxylation sites is 1. The predicted molar refractivity (Wildman–Crippen MR) is 84.5 cm³/mol.